The summed E-state index contributed by atoms with van der Waals surface area (Å²) in [5.74, 6) is -6.39. The van der Waals surface area contributed by atoms with Gasteiger partial charge in [0.15, 0.2) is 0 Å². The Morgan fingerprint density at radius 1 is 1.31 bits per heavy atom. The maximum Gasteiger partial charge on any atom is 0.312 e. The van der Waals surface area contributed by atoms with Crippen LogP contribution in [0.5, 0.6) is 0 Å². The lowest BCUT2D eigenvalue weighted by molar-refractivity contribution is -0.331. The molecule has 70 valence electrons. The number of carbonyl (C=O) groups is 1. The molecule has 2 nitrogen and oxygen atoms in total. The van der Waals surface area contributed by atoms with E-state index in [0.29, 0.717) is 0 Å². The van der Waals surface area contributed by atoms with Crippen LogP contribution in [0, 0.1) is 0 Å². The van der Waals surface area contributed by atoms with Crippen molar-refractivity contribution >= 4 is 17.6 Å². The Hall–Kier alpha value is -1.16. The van der Waals surface area contributed by atoms with Crippen LogP contribution in [-0.2, 0) is 10.7 Å². The molecule has 0 aliphatic heterocycles. The normalized spacial score (nSPS) is 11.3. The van der Waals surface area contributed by atoms with Crippen LogP contribution in [0.3, 0.4) is 0 Å². The minimum absolute atomic E-state index is 0.262. The molecule has 13 heavy (non-hydrogen) atoms. The topological polar surface area (TPSA) is 40.1 Å². The highest BCUT2D eigenvalue weighted by molar-refractivity contribution is 6.30. The van der Waals surface area contributed by atoms with Gasteiger partial charge in [-0.05, 0) is 12.1 Å². The maximum atomic E-state index is 12.7. The number of aliphatic carboxylic acids is 1. The molecule has 0 saturated carbocycles. The molecule has 0 N–H and O–H groups in total. The highest BCUT2D eigenvalue weighted by atomic mass is 35.5. The summed E-state index contributed by atoms with van der Waals surface area (Å²) in [6, 6.07) is 4.26. The summed E-state index contributed by atoms with van der Waals surface area (Å²) in [5.41, 5.74) is -0.642. The quantitative estimate of drug-likeness (QED) is 0.728. The van der Waals surface area contributed by atoms with E-state index in [1.165, 1.54) is 12.1 Å². The molecular formula is C8H4ClF2O2-. The monoisotopic (exact) mass is 205 g/mol. The van der Waals surface area contributed by atoms with Crippen LogP contribution in [0.25, 0.3) is 0 Å². The van der Waals surface area contributed by atoms with Crippen molar-refractivity contribution < 1.29 is 18.7 Å². The zero-order valence-electron chi connectivity index (χ0n) is 6.26. The molecule has 0 bridgehead atoms. The van der Waals surface area contributed by atoms with E-state index in [0.717, 1.165) is 12.1 Å². The highest BCUT2D eigenvalue weighted by Crippen LogP contribution is 2.27. The number of carbonyl (C=O) groups excluding carboxylic acids is 1. The third-order valence-corrected chi connectivity index (χ3v) is 1.72. The molecule has 0 amide bonds. The summed E-state index contributed by atoms with van der Waals surface area (Å²) < 4.78 is 25.4. The van der Waals surface area contributed by atoms with Crippen molar-refractivity contribution in [1.82, 2.24) is 0 Å². The minimum Gasteiger partial charge on any atom is -0.544 e. The van der Waals surface area contributed by atoms with Gasteiger partial charge < -0.3 is 9.90 Å². The first-order chi connectivity index (χ1) is 5.94. The standard InChI is InChI=1S/C8H5ClF2O2/c9-6-3-1-5(2-4-6)8(10,11)7(12)13/h1-4H,(H,12,13)/p-1. The van der Waals surface area contributed by atoms with Crippen molar-refractivity contribution in [3.8, 4) is 0 Å². The van der Waals surface area contributed by atoms with Gasteiger partial charge in [0.05, 0.1) is 0 Å². The van der Waals surface area contributed by atoms with Gasteiger partial charge in [0.2, 0.25) is 0 Å². The Morgan fingerprint density at radius 2 is 1.77 bits per heavy atom. The number of carboxylic acids is 1. The first kappa shape index (κ1) is 9.92. The van der Waals surface area contributed by atoms with Crippen LogP contribution in [0.4, 0.5) is 8.78 Å². The van der Waals surface area contributed by atoms with Gasteiger partial charge >= 0.3 is 5.92 Å². The number of benzene rings is 1. The summed E-state index contributed by atoms with van der Waals surface area (Å²) >= 11 is 5.43. The van der Waals surface area contributed by atoms with Gasteiger partial charge in [-0.15, -0.1) is 0 Å². The number of halogens is 3. The molecule has 0 atom stereocenters. The second-order valence-electron chi connectivity index (χ2n) is 2.37. The lowest BCUT2D eigenvalue weighted by Crippen LogP contribution is -2.39. The summed E-state index contributed by atoms with van der Waals surface area (Å²) in [6.45, 7) is 0. The van der Waals surface area contributed by atoms with Crippen molar-refractivity contribution in [3.05, 3.63) is 34.9 Å². The van der Waals surface area contributed by atoms with Crippen molar-refractivity contribution in [2.45, 2.75) is 5.92 Å². The van der Waals surface area contributed by atoms with Gasteiger partial charge in [-0.2, -0.15) is 8.78 Å². The molecule has 1 aromatic rings. The van der Waals surface area contributed by atoms with Crippen LogP contribution in [0.1, 0.15) is 5.56 Å². The number of hydrogen-bond donors (Lipinski definition) is 0. The molecule has 0 spiro atoms. The van der Waals surface area contributed by atoms with Crippen molar-refractivity contribution in [2.24, 2.45) is 0 Å². The molecule has 0 saturated heterocycles. The second kappa shape index (κ2) is 3.30. The zero-order chi connectivity index (χ0) is 10.1. The summed E-state index contributed by atoms with van der Waals surface area (Å²) in [5, 5.41) is 10.3. The van der Waals surface area contributed by atoms with Gasteiger partial charge in [-0.1, -0.05) is 23.7 Å². The van der Waals surface area contributed by atoms with Gasteiger partial charge in [-0.3, -0.25) is 0 Å². The van der Waals surface area contributed by atoms with E-state index in [-0.39, 0.29) is 5.02 Å². The number of carboxylic acid groups (broad SMARTS) is 1. The second-order valence-corrected chi connectivity index (χ2v) is 2.81. The predicted octanol–water partition coefficient (Wildman–Crippen LogP) is 1.18. The zero-order valence-corrected chi connectivity index (χ0v) is 7.02. The van der Waals surface area contributed by atoms with Gasteiger partial charge in [0.25, 0.3) is 0 Å². The van der Waals surface area contributed by atoms with E-state index in [9.17, 15) is 18.7 Å². The van der Waals surface area contributed by atoms with Gasteiger partial charge in [0, 0.05) is 10.6 Å². The van der Waals surface area contributed by atoms with E-state index >= 15 is 0 Å². The minimum atomic E-state index is -3.97. The summed E-state index contributed by atoms with van der Waals surface area (Å²) in [4.78, 5) is 10.0. The Labute approximate surface area is 77.8 Å². The van der Waals surface area contributed by atoms with Crippen LogP contribution in [0.15, 0.2) is 24.3 Å². The molecular weight excluding hydrogens is 202 g/mol. The molecule has 0 unspecified atom stereocenters. The molecule has 5 heteroatoms. The summed E-state index contributed by atoms with van der Waals surface area (Å²) in [6.07, 6.45) is 0. The van der Waals surface area contributed by atoms with Gasteiger partial charge in [-0.25, -0.2) is 0 Å². The molecule has 0 heterocycles. The number of alkyl halides is 2. The molecule has 1 aromatic carbocycles. The van der Waals surface area contributed by atoms with Crippen molar-refractivity contribution in [2.75, 3.05) is 0 Å². The largest absolute Gasteiger partial charge is 0.544 e. The Balaban J connectivity index is 3.08. The molecule has 0 radical (unpaired) electrons. The first-order valence-electron chi connectivity index (χ1n) is 3.30. The third-order valence-electron chi connectivity index (χ3n) is 1.46. The maximum absolute atomic E-state index is 12.7. The molecule has 0 aromatic heterocycles. The highest BCUT2D eigenvalue weighted by Gasteiger charge is 2.33. The van der Waals surface area contributed by atoms with E-state index in [1.54, 1.807) is 0 Å². The number of rotatable bonds is 2. The smallest absolute Gasteiger partial charge is 0.312 e. The fourth-order valence-electron chi connectivity index (χ4n) is 0.777. The Kier molecular flexibility index (Phi) is 2.52. The van der Waals surface area contributed by atoms with Gasteiger partial charge in [0.1, 0.15) is 5.97 Å². The number of hydrogen-bond acceptors (Lipinski definition) is 2. The van der Waals surface area contributed by atoms with Crippen molar-refractivity contribution in [1.29, 1.82) is 0 Å². The van der Waals surface area contributed by atoms with Crippen molar-refractivity contribution in [3.63, 3.8) is 0 Å². The molecule has 1 rings (SSSR count). The van der Waals surface area contributed by atoms with E-state index in [1.807, 2.05) is 0 Å². The van der Waals surface area contributed by atoms with Crippen LogP contribution < -0.4 is 5.11 Å². The summed E-state index contributed by atoms with van der Waals surface area (Å²) in [7, 11) is 0. The van der Waals surface area contributed by atoms with E-state index < -0.39 is 17.5 Å². The average molecular weight is 206 g/mol. The first-order valence-corrected chi connectivity index (χ1v) is 3.67. The fourth-order valence-corrected chi connectivity index (χ4v) is 0.903. The average Bonchev–Trinajstić information content (AvgIpc) is 2.04. The lowest BCUT2D eigenvalue weighted by Gasteiger charge is -2.17. The van der Waals surface area contributed by atoms with Crippen LogP contribution in [0.2, 0.25) is 5.02 Å². The Morgan fingerprint density at radius 3 is 2.15 bits per heavy atom. The SMILES string of the molecule is O=C([O-])C(F)(F)c1ccc(Cl)cc1. The van der Waals surface area contributed by atoms with E-state index in [4.69, 9.17) is 11.6 Å². The fraction of sp³-hybridized carbons (Fsp3) is 0.125. The van der Waals surface area contributed by atoms with E-state index in [2.05, 4.69) is 0 Å². The molecule has 0 fully saturated rings. The predicted molar refractivity (Wildman–Crippen MR) is 40.4 cm³/mol. The Bertz CT molecular complexity index is 321. The van der Waals surface area contributed by atoms with Crippen LogP contribution >= 0.6 is 11.6 Å². The molecule has 0 aliphatic rings. The third kappa shape index (κ3) is 1.95. The molecule has 0 aliphatic carbocycles. The van der Waals surface area contributed by atoms with Crippen LogP contribution in [-0.4, -0.2) is 5.97 Å². The lowest BCUT2D eigenvalue weighted by atomic mass is 10.1.